The number of nitrogens with zero attached hydrogens (tertiary/aromatic N) is 3. The van der Waals surface area contributed by atoms with Crippen molar-refractivity contribution in [2.24, 2.45) is 10.9 Å². The molecule has 1 aliphatic rings. The Morgan fingerprint density at radius 1 is 1.42 bits per heavy atom. The molecule has 2 heterocycles. The molecule has 0 radical (unpaired) electrons. The average molecular weight is 478 g/mol. The molecular weight excluding hydrogens is 443 g/mol. The summed E-state index contributed by atoms with van der Waals surface area (Å²) in [5, 5.41) is 14.0. The number of rotatable bonds is 8. The molecule has 7 heteroatoms. The molecule has 1 saturated heterocycles. The van der Waals surface area contributed by atoms with Crippen molar-refractivity contribution in [1.82, 2.24) is 15.1 Å². The van der Waals surface area contributed by atoms with Crippen LogP contribution in [0, 0.1) is 5.92 Å². The summed E-state index contributed by atoms with van der Waals surface area (Å²) in [5.74, 6) is 2.11. The van der Waals surface area contributed by atoms with Gasteiger partial charge in [0.05, 0.1) is 12.8 Å². The van der Waals surface area contributed by atoms with Crippen molar-refractivity contribution in [3.8, 4) is 0 Å². The van der Waals surface area contributed by atoms with Gasteiger partial charge in [-0.05, 0) is 51.4 Å². The normalized spacial score (nSPS) is 20.2. The zero-order valence-corrected chi connectivity index (χ0v) is 18.9. The highest BCUT2D eigenvalue weighted by Crippen LogP contribution is 2.22. The number of likely N-dealkylation sites (tertiary alicyclic amines) is 1. The minimum absolute atomic E-state index is 0. The molecule has 150 valence electrons. The second-order valence-electron chi connectivity index (χ2n) is 7.01. The molecule has 1 aliphatic heterocycles. The van der Waals surface area contributed by atoms with Crippen LogP contribution in [0.25, 0.3) is 0 Å². The second kappa shape index (κ2) is 11.1. The first kappa shape index (κ1) is 23.2. The van der Waals surface area contributed by atoms with E-state index in [9.17, 15) is 5.11 Å². The third kappa shape index (κ3) is 6.42. The predicted molar refractivity (Wildman–Crippen MR) is 117 cm³/mol. The Morgan fingerprint density at radius 2 is 2.15 bits per heavy atom. The van der Waals surface area contributed by atoms with Crippen molar-refractivity contribution in [1.29, 1.82) is 0 Å². The molecule has 2 N–H and O–H groups in total. The number of hydrogen-bond donors (Lipinski definition) is 2. The summed E-state index contributed by atoms with van der Waals surface area (Å²) < 4.78 is 5.34. The predicted octanol–water partition coefficient (Wildman–Crippen LogP) is 2.73. The maximum atomic E-state index is 10.6. The Balaban J connectivity index is 0.00000338. The van der Waals surface area contributed by atoms with Crippen LogP contribution in [-0.2, 0) is 5.60 Å². The van der Waals surface area contributed by atoms with E-state index >= 15 is 0 Å². The Morgan fingerprint density at radius 3 is 2.73 bits per heavy atom. The van der Waals surface area contributed by atoms with Gasteiger partial charge in [-0.2, -0.15) is 0 Å². The van der Waals surface area contributed by atoms with Crippen molar-refractivity contribution in [3.63, 3.8) is 0 Å². The molecule has 2 unspecified atom stereocenters. The van der Waals surface area contributed by atoms with Crippen LogP contribution in [0.15, 0.2) is 27.8 Å². The van der Waals surface area contributed by atoms with Crippen LogP contribution >= 0.6 is 24.0 Å². The lowest BCUT2D eigenvalue weighted by Gasteiger charge is -2.25. The van der Waals surface area contributed by atoms with Gasteiger partial charge in [-0.25, -0.2) is 4.99 Å². The zero-order chi connectivity index (χ0) is 18.3. The molecule has 0 aliphatic carbocycles. The Kier molecular flexibility index (Phi) is 9.95. The van der Waals surface area contributed by atoms with Crippen LogP contribution in [0.4, 0.5) is 0 Å². The van der Waals surface area contributed by atoms with E-state index in [1.807, 2.05) is 0 Å². The minimum atomic E-state index is -1.09. The van der Waals surface area contributed by atoms with Gasteiger partial charge >= 0.3 is 0 Å². The summed E-state index contributed by atoms with van der Waals surface area (Å²) >= 11 is 0. The summed E-state index contributed by atoms with van der Waals surface area (Å²) in [6.45, 7) is 14.7. The van der Waals surface area contributed by atoms with Gasteiger partial charge in [0, 0.05) is 26.2 Å². The van der Waals surface area contributed by atoms with Crippen molar-refractivity contribution in [2.45, 2.75) is 39.7 Å². The second-order valence-corrected chi connectivity index (χ2v) is 7.01. The van der Waals surface area contributed by atoms with Crippen molar-refractivity contribution < 1.29 is 9.52 Å². The topological polar surface area (TPSA) is 64.2 Å². The Labute approximate surface area is 175 Å². The van der Waals surface area contributed by atoms with Crippen molar-refractivity contribution in [2.75, 3.05) is 45.8 Å². The average Bonchev–Trinajstić information content (AvgIpc) is 3.28. The van der Waals surface area contributed by atoms with Crippen molar-refractivity contribution >= 4 is 29.9 Å². The minimum Gasteiger partial charge on any atom is -0.466 e. The van der Waals surface area contributed by atoms with E-state index in [-0.39, 0.29) is 30.5 Å². The first-order valence-corrected chi connectivity index (χ1v) is 9.52. The summed E-state index contributed by atoms with van der Waals surface area (Å²) in [6.07, 6.45) is 2.77. The lowest BCUT2D eigenvalue weighted by atomic mass is 10.0. The lowest BCUT2D eigenvalue weighted by molar-refractivity contribution is 0.0435. The molecule has 1 aromatic rings. The van der Waals surface area contributed by atoms with Crippen LogP contribution in [0.2, 0.25) is 0 Å². The summed E-state index contributed by atoms with van der Waals surface area (Å²) in [5.41, 5.74) is -1.09. The van der Waals surface area contributed by atoms with Crippen LogP contribution in [0.1, 0.15) is 39.9 Å². The number of nitrogens with one attached hydrogen (secondary N) is 1. The molecule has 2 atom stereocenters. The number of furan rings is 1. The lowest BCUT2D eigenvalue weighted by Crippen LogP contribution is -2.42. The quantitative estimate of drug-likeness (QED) is 0.342. The molecule has 26 heavy (non-hydrogen) atoms. The standard InChI is InChI=1S/C19H34N4O2.HI/c1-5-20-18(21-15-19(4,24)17-9-8-12-25-17)23-11-10-16(14-23)13-22(6-2)7-3;/h8-9,12,16,24H,5-7,10-11,13-15H2,1-4H3,(H,20,21);1H. The van der Waals surface area contributed by atoms with Crippen LogP contribution in [0.5, 0.6) is 0 Å². The van der Waals surface area contributed by atoms with Gasteiger partial charge in [-0.15, -0.1) is 24.0 Å². The number of aliphatic hydroxyl groups is 1. The smallest absolute Gasteiger partial charge is 0.194 e. The SMILES string of the molecule is CCNC(=NCC(C)(O)c1ccco1)N1CCC(CN(CC)CC)C1.I. The van der Waals surface area contributed by atoms with E-state index < -0.39 is 5.60 Å². The zero-order valence-electron chi connectivity index (χ0n) is 16.6. The fourth-order valence-corrected chi connectivity index (χ4v) is 3.34. The molecule has 1 aromatic heterocycles. The summed E-state index contributed by atoms with van der Waals surface area (Å²) in [7, 11) is 0. The van der Waals surface area contributed by atoms with E-state index in [2.05, 4.69) is 40.9 Å². The number of hydrogen-bond acceptors (Lipinski definition) is 4. The van der Waals surface area contributed by atoms with Gasteiger partial charge < -0.3 is 24.6 Å². The van der Waals surface area contributed by atoms with E-state index in [1.54, 1.807) is 25.3 Å². The van der Waals surface area contributed by atoms with Gasteiger partial charge in [0.1, 0.15) is 11.4 Å². The largest absolute Gasteiger partial charge is 0.466 e. The molecule has 0 bridgehead atoms. The van der Waals surface area contributed by atoms with Crippen molar-refractivity contribution in [3.05, 3.63) is 24.2 Å². The molecule has 0 spiro atoms. The third-order valence-electron chi connectivity index (χ3n) is 4.92. The molecule has 1 fully saturated rings. The molecule has 0 saturated carbocycles. The Hall–Kier alpha value is -0.800. The maximum absolute atomic E-state index is 10.6. The molecule has 2 rings (SSSR count). The van der Waals surface area contributed by atoms with Crippen LogP contribution < -0.4 is 5.32 Å². The first-order valence-electron chi connectivity index (χ1n) is 9.52. The summed E-state index contributed by atoms with van der Waals surface area (Å²) in [4.78, 5) is 9.49. The van der Waals surface area contributed by atoms with Crippen LogP contribution in [0.3, 0.4) is 0 Å². The highest BCUT2D eigenvalue weighted by molar-refractivity contribution is 14.0. The Bertz CT molecular complexity index is 530. The number of guanidine groups is 1. The monoisotopic (exact) mass is 478 g/mol. The maximum Gasteiger partial charge on any atom is 0.194 e. The number of aliphatic imine (C=N–C) groups is 1. The van der Waals surface area contributed by atoms with Crippen LogP contribution in [-0.4, -0.2) is 66.7 Å². The molecular formula is C19H35IN4O2. The van der Waals surface area contributed by atoms with E-state index in [0.29, 0.717) is 11.7 Å². The fraction of sp³-hybridized carbons (Fsp3) is 0.737. The van der Waals surface area contributed by atoms with Gasteiger partial charge in [0.15, 0.2) is 5.96 Å². The van der Waals surface area contributed by atoms with E-state index in [0.717, 1.165) is 45.2 Å². The fourth-order valence-electron chi connectivity index (χ4n) is 3.34. The first-order chi connectivity index (χ1) is 12.0. The van der Waals surface area contributed by atoms with Gasteiger partial charge in [-0.1, -0.05) is 13.8 Å². The number of halogens is 1. The van der Waals surface area contributed by atoms with E-state index in [1.165, 1.54) is 6.42 Å². The highest BCUT2D eigenvalue weighted by Gasteiger charge is 2.29. The highest BCUT2D eigenvalue weighted by atomic mass is 127. The third-order valence-corrected chi connectivity index (χ3v) is 4.92. The van der Waals surface area contributed by atoms with Gasteiger partial charge in [-0.3, -0.25) is 0 Å². The molecule has 0 amide bonds. The van der Waals surface area contributed by atoms with Gasteiger partial charge in [0.25, 0.3) is 0 Å². The molecule has 6 nitrogen and oxygen atoms in total. The van der Waals surface area contributed by atoms with E-state index in [4.69, 9.17) is 4.42 Å². The summed E-state index contributed by atoms with van der Waals surface area (Å²) in [6, 6.07) is 3.58. The molecule has 0 aromatic carbocycles. The van der Waals surface area contributed by atoms with Gasteiger partial charge in [0.2, 0.25) is 0 Å².